The summed E-state index contributed by atoms with van der Waals surface area (Å²) in [5, 5.41) is 3.32. The molecule has 0 radical (unpaired) electrons. The predicted molar refractivity (Wildman–Crippen MR) is 94.6 cm³/mol. The maximum atomic E-state index is 13.2. The predicted octanol–water partition coefficient (Wildman–Crippen LogP) is 3.38. The van der Waals surface area contributed by atoms with Gasteiger partial charge in [0.1, 0.15) is 0 Å². The average Bonchev–Trinajstić information content (AvgIpc) is 2.57. The summed E-state index contributed by atoms with van der Waals surface area (Å²) in [7, 11) is 2.01. The molecule has 0 aliphatic carbocycles. The van der Waals surface area contributed by atoms with E-state index in [4.69, 9.17) is 0 Å². The lowest BCUT2D eigenvalue weighted by molar-refractivity contribution is -0.139. The zero-order valence-electron chi connectivity index (χ0n) is 14.0. The van der Waals surface area contributed by atoms with Crippen LogP contribution in [-0.4, -0.2) is 37.0 Å². The zero-order chi connectivity index (χ0) is 15.3. The fourth-order valence-electron chi connectivity index (χ4n) is 3.52. The molecular formula is C18H29ClN2O. The van der Waals surface area contributed by atoms with Crippen LogP contribution in [0.25, 0.3) is 0 Å². The highest BCUT2D eigenvalue weighted by Gasteiger charge is 2.40. The third-order valence-electron chi connectivity index (χ3n) is 5.13. The second kappa shape index (κ2) is 8.54. The second-order valence-corrected chi connectivity index (χ2v) is 6.01. The number of halogens is 1. The van der Waals surface area contributed by atoms with Crippen LogP contribution in [0.5, 0.6) is 0 Å². The molecule has 0 aromatic heterocycles. The third-order valence-corrected chi connectivity index (χ3v) is 5.13. The minimum atomic E-state index is -0.353. The van der Waals surface area contributed by atoms with Crippen molar-refractivity contribution in [1.29, 1.82) is 0 Å². The van der Waals surface area contributed by atoms with Gasteiger partial charge in [0.15, 0.2) is 0 Å². The minimum absolute atomic E-state index is 0. The van der Waals surface area contributed by atoms with Crippen molar-refractivity contribution in [2.45, 2.75) is 51.0 Å². The van der Waals surface area contributed by atoms with Crippen LogP contribution in [0.15, 0.2) is 30.3 Å². The first-order chi connectivity index (χ1) is 10.2. The Hall–Kier alpha value is -1.06. The molecule has 1 fully saturated rings. The largest absolute Gasteiger partial charge is 0.342 e. The second-order valence-electron chi connectivity index (χ2n) is 6.01. The van der Waals surface area contributed by atoms with Crippen molar-refractivity contribution in [1.82, 2.24) is 10.2 Å². The molecule has 1 aliphatic heterocycles. The Bertz CT molecular complexity index is 451. The average molecular weight is 325 g/mol. The molecule has 0 atom stereocenters. The summed E-state index contributed by atoms with van der Waals surface area (Å²) >= 11 is 0. The number of amides is 1. The van der Waals surface area contributed by atoms with Gasteiger partial charge in [-0.05, 0) is 38.3 Å². The topological polar surface area (TPSA) is 32.3 Å². The van der Waals surface area contributed by atoms with E-state index in [1.54, 1.807) is 0 Å². The van der Waals surface area contributed by atoms with Gasteiger partial charge in [-0.25, -0.2) is 0 Å². The van der Waals surface area contributed by atoms with Crippen LogP contribution < -0.4 is 5.32 Å². The van der Waals surface area contributed by atoms with E-state index in [1.807, 2.05) is 25.2 Å². The lowest BCUT2D eigenvalue weighted by Gasteiger charge is -2.40. The van der Waals surface area contributed by atoms with Crippen molar-refractivity contribution >= 4 is 18.3 Å². The van der Waals surface area contributed by atoms with Crippen molar-refractivity contribution in [2.24, 2.45) is 0 Å². The fourth-order valence-corrected chi connectivity index (χ4v) is 3.52. The Morgan fingerprint density at radius 1 is 1.18 bits per heavy atom. The van der Waals surface area contributed by atoms with Gasteiger partial charge in [0.05, 0.1) is 5.41 Å². The molecule has 1 amide bonds. The number of carbonyl (C=O) groups is 1. The molecule has 0 unspecified atom stereocenters. The molecule has 124 valence electrons. The molecule has 0 bridgehead atoms. The highest BCUT2D eigenvalue weighted by Crippen LogP contribution is 2.34. The van der Waals surface area contributed by atoms with Crippen molar-refractivity contribution in [2.75, 3.05) is 20.1 Å². The van der Waals surface area contributed by atoms with E-state index in [1.165, 1.54) is 0 Å². The summed E-state index contributed by atoms with van der Waals surface area (Å²) in [6, 6.07) is 10.9. The number of hydrogen-bond acceptors (Lipinski definition) is 2. The SMILES string of the molecule is CCC(CC)(C(=O)N1CCC(NC)CC1)c1ccccc1.Cl. The number of piperidine rings is 1. The van der Waals surface area contributed by atoms with Crippen LogP contribution in [-0.2, 0) is 10.2 Å². The number of rotatable bonds is 5. The summed E-state index contributed by atoms with van der Waals surface area (Å²) in [6.45, 7) is 6.02. The Morgan fingerprint density at radius 2 is 1.73 bits per heavy atom. The lowest BCUT2D eigenvalue weighted by atomic mass is 9.74. The van der Waals surface area contributed by atoms with E-state index in [2.05, 4.69) is 36.2 Å². The number of carbonyl (C=O) groups excluding carboxylic acids is 1. The third kappa shape index (κ3) is 3.64. The number of nitrogens with one attached hydrogen (secondary N) is 1. The summed E-state index contributed by atoms with van der Waals surface area (Å²) < 4.78 is 0. The highest BCUT2D eigenvalue weighted by atomic mass is 35.5. The van der Waals surface area contributed by atoms with Gasteiger partial charge < -0.3 is 10.2 Å². The van der Waals surface area contributed by atoms with Gasteiger partial charge >= 0.3 is 0 Å². The smallest absolute Gasteiger partial charge is 0.233 e. The summed E-state index contributed by atoms with van der Waals surface area (Å²) in [5.74, 6) is 0.313. The lowest BCUT2D eigenvalue weighted by Crippen LogP contribution is -2.51. The van der Waals surface area contributed by atoms with Crippen molar-refractivity contribution in [3.8, 4) is 0 Å². The van der Waals surface area contributed by atoms with Crippen molar-refractivity contribution in [3.63, 3.8) is 0 Å². The van der Waals surface area contributed by atoms with Crippen LogP contribution in [0.2, 0.25) is 0 Å². The normalized spacial score (nSPS) is 16.2. The first-order valence-electron chi connectivity index (χ1n) is 8.20. The van der Waals surface area contributed by atoms with Gasteiger partial charge in [0.25, 0.3) is 0 Å². The number of benzene rings is 1. The van der Waals surface area contributed by atoms with Crippen LogP contribution in [0, 0.1) is 0 Å². The minimum Gasteiger partial charge on any atom is -0.342 e. The van der Waals surface area contributed by atoms with Crippen molar-refractivity contribution < 1.29 is 4.79 Å². The quantitative estimate of drug-likeness (QED) is 0.900. The molecule has 1 aliphatic rings. The van der Waals surface area contributed by atoms with E-state index in [9.17, 15) is 4.79 Å². The maximum Gasteiger partial charge on any atom is 0.233 e. The molecule has 0 spiro atoms. The highest BCUT2D eigenvalue weighted by molar-refractivity contribution is 5.88. The van der Waals surface area contributed by atoms with E-state index in [0.29, 0.717) is 11.9 Å². The molecular weight excluding hydrogens is 296 g/mol. The van der Waals surface area contributed by atoms with Gasteiger partial charge in [-0.2, -0.15) is 0 Å². The first kappa shape index (κ1) is 19.0. The standard InChI is InChI=1S/C18H28N2O.ClH/c1-4-18(5-2,15-9-7-6-8-10-15)17(21)20-13-11-16(19-3)12-14-20;/h6-10,16,19H,4-5,11-14H2,1-3H3;1H. The molecule has 4 heteroatoms. The van der Waals surface area contributed by atoms with E-state index < -0.39 is 0 Å². The van der Waals surface area contributed by atoms with Gasteiger partial charge in [-0.3, -0.25) is 4.79 Å². The van der Waals surface area contributed by atoms with Crippen LogP contribution in [0.4, 0.5) is 0 Å². The van der Waals surface area contributed by atoms with Gasteiger partial charge in [0.2, 0.25) is 5.91 Å². The van der Waals surface area contributed by atoms with Gasteiger partial charge in [0, 0.05) is 19.1 Å². The van der Waals surface area contributed by atoms with Gasteiger partial charge in [-0.1, -0.05) is 44.2 Å². The molecule has 0 saturated carbocycles. The maximum absolute atomic E-state index is 13.2. The molecule has 1 aromatic rings. The number of nitrogens with zero attached hydrogens (tertiary/aromatic N) is 1. The zero-order valence-corrected chi connectivity index (χ0v) is 14.8. The molecule has 1 saturated heterocycles. The number of hydrogen-bond donors (Lipinski definition) is 1. The Kier molecular flexibility index (Phi) is 7.37. The fraction of sp³-hybridized carbons (Fsp3) is 0.611. The van der Waals surface area contributed by atoms with Crippen LogP contribution >= 0.6 is 12.4 Å². The Balaban J connectivity index is 0.00000242. The molecule has 1 heterocycles. The van der Waals surface area contributed by atoms with Crippen LogP contribution in [0.3, 0.4) is 0 Å². The first-order valence-corrected chi connectivity index (χ1v) is 8.20. The summed E-state index contributed by atoms with van der Waals surface area (Å²) in [6.07, 6.45) is 3.83. The van der Waals surface area contributed by atoms with E-state index in [0.717, 1.165) is 44.3 Å². The molecule has 3 nitrogen and oxygen atoms in total. The van der Waals surface area contributed by atoms with Crippen LogP contribution in [0.1, 0.15) is 45.1 Å². The number of likely N-dealkylation sites (tertiary alicyclic amines) is 1. The van der Waals surface area contributed by atoms with E-state index in [-0.39, 0.29) is 17.8 Å². The molecule has 1 aromatic carbocycles. The van der Waals surface area contributed by atoms with Gasteiger partial charge in [-0.15, -0.1) is 12.4 Å². The molecule has 2 rings (SSSR count). The monoisotopic (exact) mass is 324 g/mol. The Labute approximate surface area is 140 Å². The van der Waals surface area contributed by atoms with Crippen molar-refractivity contribution in [3.05, 3.63) is 35.9 Å². The summed E-state index contributed by atoms with van der Waals surface area (Å²) in [4.78, 5) is 15.3. The summed E-state index contributed by atoms with van der Waals surface area (Å²) in [5.41, 5.74) is 0.809. The molecule has 22 heavy (non-hydrogen) atoms. The molecule has 1 N–H and O–H groups in total. The van der Waals surface area contributed by atoms with E-state index >= 15 is 0 Å². The Morgan fingerprint density at radius 3 is 2.18 bits per heavy atom.